The molecule has 0 aromatic carbocycles. The highest BCUT2D eigenvalue weighted by Gasteiger charge is 2.15. The Morgan fingerprint density at radius 3 is 3.00 bits per heavy atom. The molecule has 92 valence electrons. The van der Waals surface area contributed by atoms with Gasteiger partial charge in [-0.25, -0.2) is 4.98 Å². The fourth-order valence-corrected chi connectivity index (χ4v) is 2.61. The molecule has 1 unspecified atom stereocenters. The van der Waals surface area contributed by atoms with Crippen molar-refractivity contribution in [1.82, 2.24) is 19.9 Å². The number of hydrogen-bond acceptors (Lipinski definition) is 4. The SMILES string of the molecule is CCNC(Cc1nccn1CC)c1cncs1. The maximum absolute atomic E-state index is 4.43. The summed E-state index contributed by atoms with van der Waals surface area (Å²) in [6, 6.07) is 0.320. The summed E-state index contributed by atoms with van der Waals surface area (Å²) >= 11 is 1.70. The summed E-state index contributed by atoms with van der Waals surface area (Å²) in [5.41, 5.74) is 1.88. The van der Waals surface area contributed by atoms with Gasteiger partial charge < -0.3 is 9.88 Å². The molecule has 0 saturated heterocycles. The normalized spacial score (nSPS) is 12.8. The van der Waals surface area contributed by atoms with Crippen LogP contribution in [0.4, 0.5) is 0 Å². The first kappa shape index (κ1) is 12.3. The third-order valence-electron chi connectivity index (χ3n) is 2.77. The van der Waals surface area contributed by atoms with Crippen molar-refractivity contribution in [3.8, 4) is 0 Å². The van der Waals surface area contributed by atoms with E-state index in [1.54, 1.807) is 11.3 Å². The van der Waals surface area contributed by atoms with E-state index in [0.717, 1.165) is 25.3 Å². The smallest absolute Gasteiger partial charge is 0.110 e. The van der Waals surface area contributed by atoms with Crippen molar-refractivity contribution in [3.05, 3.63) is 34.8 Å². The molecule has 0 fully saturated rings. The Kier molecular flexibility index (Phi) is 4.28. The Morgan fingerprint density at radius 2 is 2.35 bits per heavy atom. The largest absolute Gasteiger partial charge is 0.335 e. The van der Waals surface area contributed by atoms with Crippen LogP contribution in [0.5, 0.6) is 0 Å². The van der Waals surface area contributed by atoms with Gasteiger partial charge in [-0.1, -0.05) is 6.92 Å². The van der Waals surface area contributed by atoms with Crippen LogP contribution in [0.1, 0.15) is 30.6 Å². The molecular formula is C12H18N4S. The lowest BCUT2D eigenvalue weighted by atomic mass is 10.1. The van der Waals surface area contributed by atoms with Crippen molar-refractivity contribution in [2.75, 3.05) is 6.54 Å². The molecule has 2 aromatic rings. The van der Waals surface area contributed by atoms with Gasteiger partial charge in [-0.05, 0) is 13.5 Å². The summed E-state index contributed by atoms with van der Waals surface area (Å²) in [5, 5.41) is 3.49. The minimum absolute atomic E-state index is 0.320. The summed E-state index contributed by atoms with van der Waals surface area (Å²) in [6.45, 7) is 6.19. The maximum Gasteiger partial charge on any atom is 0.110 e. The van der Waals surface area contributed by atoms with E-state index >= 15 is 0 Å². The van der Waals surface area contributed by atoms with Crippen LogP contribution in [0.2, 0.25) is 0 Å². The zero-order valence-electron chi connectivity index (χ0n) is 10.3. The zero-order chi connectivity index (χ0) is 12.1. The Morgan fingerprint density at radius 1 is 1.47 bits per heavy atom. The van der Waals surface area contributed by atoms with E-state index in [1.807, 2.05) is 24.1 Å². The lowest BCUT2D eigenvalue weighted by Crippen LogP contribution is -2.23. The molecule has 2 rings (SSSR count). The highest BCUT2D eigenvalue weighted by atomic mass is 32.1. The van der Waals surface area contributed by atoms with Gasteiger partial charge in [-0.2, -0.15) is 0 Å². The number of aryl methyl sites for hydroxylation is 1. The summed E-state index contributed by atoms with van der Waals surface area (Å²) < 4.78 is 2.19. The third kappa shape index (κ3) is 2.92. The van der Waals surface area contributed by atoms with Gasteiger partial charge in [0.2, 0.25) is 0 Å². The minimum Gasteiger partial charge on any atom is -0.335 e. The molecular weight excluding hydrogens is 232 g/mol. The number of aromatic nitrogens is 3. The monoisotopic (exact) mass is 250 g/mol. The summed E-state index contributed by atoms with van der Waals surface area (Å²) in [7, 11) is 0. The Balaban J connectivity index is 2.13. The second-order valence-electron chi connectivity index (χ2n) is 3.85. The average Bonchev–Trinajstić information content (AvgIpc) is 2.99. The molecule has 1 atom stereocenters. The molecule has 2 heterocycles. The molecule has 0 aliphatic rings. The van der Waals surface area contributed by atoms with Gasteiger partial charge in [0.1, 0.15) is 5.82 Å². The van der Waals surface area contributed by atoms with Crippen LogP contribution in [0.3, 0.4) is 0 Å². The quantitative estimate of drug-likeness (QED) is 0.855. The Hall–Kier alpha value is -1.20. The van der Waals surface area contributed by atoms with E-state index in [1.165, 1.54) is 4.88 Å². The number of rotatable bonds is 6. The topological polar surface area (TPSA) is 42.7 Å². The second kappa shape index (κ2) is 5.93. The Labute approximate surface area is 106 Å². The van der Waals surface area contributed by atoms with Crippen molar-refractivity contribution < 1.29 is 0 Å². The zero-order valence-corrected chi connectivity index (χ0v) is 11.1. The number of thiazole rings is 1. The predicted octanol–water partition coefficient (Wildman–Crippen LogP) is 2.25. The molecule has 1 N–H and O–H groups in total. The van der Waals surface area contributed by atoms with E-state index in [4.69, 9.17) is 0 Å². The van der Waals surface area contributed by atoms with Gasteiger partial charge in [-0.15, -0.1) is 11.3 Å². The fourth-order valence-electron chi connectivity index (χ4n) is 1.92. The first-order chi connectivity index (χ1) is 8.35. The summed E-state index contributed by atoms with van der Waals surface area (Å²) in [6.07, 6.45) is 6.76. The van der Waals surface area contributed by atoms with Crippen LogP contribution in [-0.2, 0) is 13.0 Å². The molecule has 17 heavy (non-hydrogen) atoms. The molecule has 0 amide bonds. The molecule has 4 nitrogen and oxygen atoms in total. The molecule has 0 bridgehead atoms. The van der Waals surface area contributed by atoms with Crippen molar-refractivity contribution in [2.45, 2.75) is 32.9 Å². The summed E-state index contributed by atoms with van der Waals surface area (Å²) in [5.74, 6) is 1.13. The molecule has 2 aromatic heterocycles. The van der Waals surface area contributed by atoms with Crippen molar-refractivity contribution in [1.29, 1.82) is 0 Å². The first-order valence-electron chi connectivity index (χ1n) is 5.96. The van der Waals surface area contributed by atoms with Crippen molar-refractivity contribution >= 4 is 11.3 Å². The van der Waals surface area contributed by atoms with Gasteiger partial charge in [0.25, 0.3) is 0 Å². The van der Waals surface area contributed by atoms with E-state index in [0.29, 0.717) is 6.04 Å². The van der Waals surface area contributed by atoms with Crippen LogP contribution < -0.4 is 5.32 Å². The van der Waals surface area contributed by atoms with E-state index in [-0.39, 0.29) is 0 Å². The molecule has 0 aliphatic carbocycles. The lowest BCUT2D eigenvalue weighted by Gasteiger charge is -2.16. The van der Waals surface area contributed by atoms with E-state index in [9.17, 15) is 0 Å². The highest BCUT2D eigenvalue weighted by Crippen LogP contribution is 2.20. The molecule has 0 aliphatic heterocycles. The highest BCUT2D eigenvalue weighted by molar-refractivity contribution is 7.09. The van der Waals surface area contributed by atoms with Crippen LogP contribution in [0.25, 0.3) is 0 Å². The predicted molar refractivity (Wildman–Crippen MR) is 70.1 cm³/mol. The average molecular weight is 250 g/mol. The van der Waals surface area contributed by atoms with E-state index in [2.05, 4.69) is 33.7 Å². The van der Waals surface area contributed by atoms with Crippen molar-refractivity contribution in [2.24, 2.45) is 0 Å². The van der Waals surface area contributed by atoms with Crippen LogP contribution in [0.15, 0.2) is 24.1 Å². The van der Waals surface area contributed by atoms with Gasteiger partial charge in [-0.3, -0.25) is 4.98 Å². The molecule has 5 heteroatoms. The third-order valence-corrected chi connectivity index (χ3v) is 3.66. The van der Waals surface area contributed by atoms with Gasteiger partial charge in [0.05, 0.1) is 11.6 Å². The molecule has 0 spiro atoms. The number of imidazole rings is 1. The van der Waals surface area contributed by atoms with Gasteiger partial charge >= 0.3 is 0 Å². The number of nitrogens with zero attached hydrogens (tertiary/aromatic N) is 3. The van der Waals surface area contributed by atoms with E-state index < -0.39 is 0 Å². The fraction of sp³-hybridized carbons (Fsp3) is 0.500. The number of hydrogen-bond donors (Lipinski definition) is 1. The van der Waals surface area contributed by atoms with Crippen LogP contribution in [0, 0.1) is 0 Å². The Bertz CT molecular complexity index is 435. The minimum atomic E-state index is 0.320. The van der Waals surface area contributed by atoms with Gasteiger partial charge in [0.15, 0.2) is 0 Å². The lowest BCUT2D eigenvalue weighted by molar-refractivity contribution is 0.528. The number of likely N-dealkylation sites (N-methyl/N-ethyl adjacent to an activating group) is 1. The molecule has 0 saturated carbocycles. The van der Waals surface area contributed by atoms with Gasteiger partial charge in [0, 0.05) is 36.4 Å². The standard InChI is InChI=1S/C12H18N4S/c1-3-14-10(11-8-13-9-17-11)7-12-15-5-6-16(12)4-2/h5-6,8-10,14H,3-4,7H2,1-2H3. The molecule has 0 radical (unpaired) electrons. The first-order valence-corrected chi connectivity index (χ1v) is 6.84. The second-order valence-corrected chi connectivity index (χ2v) is 4.77. The van der Waals surface area contributed by atoms with Crippen LogP contribution >= 0.6 is 11.3 Å². The summed E-state index contributed by atoms with van der Waals surface area (Å²) in [4.78, 5) is 9.85. The maximum atomic E-state index is 4.43. The van der Waals surface area contributed by atoms with Crippen molar-refractivity contribution in [3.63, 3.8) is 0 Å². The van der Waals surface area contributed by atoms with Crippen LogP contribution in [-0.4, -0.2) is 21.1 Å². The number of nitrogens with one attached hydrogen (secondary N) is 1.